The highest BCUT2D eigenvalue weighted by Gasteiger charge is 2.33. The molecule has 1 aliphatic carbocycles. The van der Waals surface area contributed by atoms with Gasteiger partial charge in [-0.15, -0.1) is 0 Å². The highest BCUT2D eigenvalue weighted by atomic mass is 16.5. The summed E-state index contributed by atoms with van der Waals surface area (Å²) in [5.41, 5.74) is 1.08. The van der Waals surface area contributed by atoms with Crippen LogP contribution in [0.5, 0.6) is 0 Å². The molecule has 4 heteroatoms. The van der Waals surface area contributed by atoms with Crippen LogP contribution >= 0.6 is 0 Å². The molecule has 90 valence electrons. The number of hydrogen-bond acceptors (Lipinski definition) is 3. The normalized spacial score (nSPS) is 23.4. The van der Waals surface area contributed by atoms with Crippen LogP contribution < -0.4 is 5.32 Å². The smallest absolute Gasteiger partial charge is 0.203 e. The standard InChI is InChI=1S/C12H21N3O/c1-9-7-11(9)14-12-13-10(2)8-15(12)5-4-6-16-3/h8-9,11H,4-7H2,1-3H3,(H,13,14). The first-order chi connectivity index (χ1) is 7.70. The number of rotatable bonds is 6. The molecule has 1 aliphatic rings. The van der Waals surface area contributed by atoms with Crippen LogP contribution in [0.1, 0.15) is 25.5 Å². The number of aryl methyl sites for hydroxylation is 2. The molecule has 0 saturated heterocycles. The van der Waals surface area contributed by atoms with Crippen molar-refractivity contribution in [3.63, 3.8) is 0 Å². The van der Waals surface area contributed by atoms with Crippen molar-refractivity contribution in [1.82, 2.24) is 9.55 Å². The number of methoxy groups -OCH3 is 1. The Kier molecular flexibility index (Phi) is 3.49. The van der Waals surface area contributed by atoms with Crippen molar-refractivity contribution < 1.29 is 4.74 Å². The van der Waals surface area contributed by atoms with Crippen molar-refractivity contribution in [3.05, 3.63) is 11.9 Å². The minimum absolute atomic E-state index is 0.628. The summed E-state index contributed by atoms with van der Waals surface area (Å²) in [6, 6.07) is 0.628. The Balaban J connectivity index is 1.93. The topological polar surface area (TPSA) is 39.1 Å². The molecule has 0 amide bonds. The van der Waals surface area contributed by atoms with Crippen LogP contribution in [0.25, 0.3) is 0 Å². The first-order valence-corrected chi connectivity index (χ1v) is 6.00. The van der Waals surface area contributed by atoms with Crippen LogP contribution in [0.2, 0.25) is 0 Å². The molecule has 0 radical (unpaired) electrons. The third-order valence-electron chi connectivity index (χ3n) is 3.07. The Morgan fingerprint density at radius 3 is 3.00 bits per heavy atom. The fourth-order valence-electron chi connectivity index (χ4n) is 1.90. The van der Waals surface area contributed by atoms with Gasteiger partial charge in [0.05, 0.1) is 5.69 Å². The van der Waals surface area contributed by atoms with E-state index in [9.17, 15) is 0 Å². The first kappa shape index (κ1) is 11.5. The van der Waals surface area contributed by atoms with Gasteiger partial charge in [-0.1, -0.05) is 6.92 Å². The zero-order valence-electron chi connectivity index (χ0n) is 10.4. The Labute approximate surface area is 97.0 Å². The second-order valence-corrected chi connectivity index (χ2v) is 4.71. The average Bonchev–Trinajstić information content (AvgIpc) is 2.80. The summed E-state index contributed by atoms with van der Waals surface area (Å²) in [6.07, 6.45) is 4.40. The predicted octanol–water partition coefficient (Wildman–Crippen LogP) is 2.05. The molecule has 2 atom stereocenters. The largest absolute Gasteiger partial charge is 0.385 e. The molecule has 0 aliphatic heterocycles. The molecule has 1 heterocycles. The van der Waals surface area contributed by atoms with E-state index in [1.165, 1.54) is 6.42 Å². The molecular formula is C12H21N3O. The summed E-state index contributed by atoms with van der Waals surface area (Å²) < 4.78 is 7.26. The molecule has 1 aromatic heterocycles. The predicted molar refractivity (Wildman–Crippen MR) is 64.6 cm³/mol. The lowest BCUT2D eigenvalue weighted by Gasteiger charge is -2.08. The number of hydrogen-bond donors (Lipinski definition) is 1. The molecule has 1 aromatic rings. The maximum absolute atomic E-state index is 5.07. The van der Waals surface area contributed by atoms with E-state index in [0.29, 0.717) is 6.04 Å². The van der Waals surface area contributed by atoms with Gasteiger partial charge in [0.1, 0.15) is 0 Å². The second-order valence-electron chi connectivity index (χ2n) is 4.71. The van der Waals surface area contributed by atoms with Crippen molar-refractivity contribution in [2.75, 3.05) is 19.0 Å². The average molecular weight is 223 g/mol. The quantitative estimate of drug-likeness (QED) is 0.750. The van der Waals surface area contributed by atoms with Crippen LogP contribution in [-0.4, -0.2) is 29.3 Å². The molecule has 2 unspecified atom stereocenters. The fraction of sp³-hybridized carbons (Fsp3) is 0.750. The number of aromatic nitrogens is 2. The Morgan fingerprint density at radius 2 is 2.38 bits per heavy atom. The van der Waals surface area contributed by atoms with E-state index in [0.717, 1.165) is 37.1 Å². The van der Waals surface area contributed by atoms with E-state index >= 15 is 0 Å². The van der Waals surface area contributed by atoms with Crippen LogP contribution in [0, 0.1) is 12.8 Å². The maximum Gasteiger partial charge on any atom is 0.203 e. The van der Waals surface area contributed by atoms with Gasteiger partial charge < -0.3 is 14.6 Å². The van der Waals surface area contributed by atoms with Gasteiger partial charge in [0.2, 0.25) is 5.95 Å². The minimum Gasteiger partial charge on any atom is -0.385 e. The minimum atomic E-state index is 0.628. The van der Waals surface area contributed by atoms with Crippen LogP contribution in [0.4, 0.5) is 5.95 Å². The monoisotopic (exact) mass is 223 g/mol. The Morgan fingerprint density at radius 1 is 1.62 bits per heavy atom. The van der Waals surface area contributed by atoms with Crippen molar-refractivity contribution in [2.24, 2.45) is 5.92 Å². The highest BCUT2D eigenvalue weighted by Crippen LogP contribution is 2.32. The summed E-state index contributed by atoms with van der Waals surface area (Å²) in [5, 5.41) is 3.49. The molecule has 2 rings (SSSR count). The molecule has 0 aromatic carbocycles. The van der Waals surface area contributed by atoms with Gasteiger partial charge in [0.15, 0.2) is 0 Å². The highest BCUT2D eigenvalue weighted by molar-refractivity contribution is 5.32. The summed E-state index contributed by atoms with van der Waals surface area (Å²) >= 11 is 0. The number of ether oxygens (including phenoxy) is 1. The zero-order chi connectivity index (χ0) is 11.5. The van der Waals surface area contributed by atoms with Crippen LogP contribution in [-0.2, 0) is 11.3 Å². The van der Waals surface area contributed by atoms with Gasteiger partial charge in [-0.05, 0) is 25.7 Å². The summed E-state index contributed by atoms with van der Waals surface area (Å²) in [6.45, 7) is 6.08. The summed E-state index contributed by atoms with van der Waals surface area (Å²) in [5.74, 6) is 1.81. The van der Waals surface area contributed by atoms with Crippen LogP contribution in [0.3, 0.4) is 0 Å². The molecule has 1 fully saturated rings. The van der Waals surface area contributed by atoms with Crippen molar-refractivity contribution in [3.8, 4) is 0 Å². The number of nitrogens with one attached hydrogen (secondary N) is 1. The lowest BCUT2D eigenvalue weighted by atomic mass is 10.4. The SMILES string of the molecule is COCCCn1cc(C)nc1NC1CC1C. The Bertz CT molecular complexity index is 348. The number of nitrogens with zero attached hydrogens (tertiary/aromatic N) is 2. The molecule has 1 N–H and O–H groups in total. The van der Waals surface area contributed by atoms with Crippen LogP contribution in [0.15, 0.2) is 6.20 Å². The van der Waals surface area contributed by atoms with E-state index in [2.05, 4.69) is 28.0 Å². The van der Waals surface area contributed by atoms with E-state index in [1.807, 2.05) is 6.92 Å². The van der Waals surface area contributed by atoms with Gasteiger partial charge in [-0.2, -0.15) is 0 Å². The van der Waals surface area contributed by atoms with E-state index in [1.54, 1.807) is 7.11 Å². The third-order valence-corrected chi connectivity index (χ3v) is 3.07. The third kappa shape index (κ3) is 2.76. The number of anilines is 1. The molecule has 0 spiro atoms. The van der Waals surface area contributed by atoms with Gasteiger partial charge >= 0.3 is 0 Å². The van der Waals surface area contributed by atoms with Crippen molar-refractivity contribution >= 4 is 5.95 Å². The van der Waals surface area contributed by atoms with Gasteiger partial charge in [0.25, 0.3) is 0 Å². The van der Waals surface area contributed by atoms with Crippen molar-refractivity contribution in [1.29, 1.82) is 0 Å². The molecular weight excluding hydrogens is 202 g/mol. The fourth-order valence-corrected chi connectivity index (χ4v) is 1.90. The van der Waals surface area contributed by atoms with E-state index < -0.39 is 0 Å². The summed E-state index contributed by atoms with van der Waals surface area (Å²) in [7, 11) is 1.74. The molecule has 1 saturated carbocycles. The lowest BCUT2D eigenvalue weighted by Crippen LogP contribution is -2.11. The first-order valence-electron chi connectivity index (χ1n) is 6.00. The molecule has 4 nitrogen and oxygen atoms in total. The maximum atomic E-state index is 5.07. The van der Waals surface area contributed by atoms with Gasteiger partial charge in [-0.25, -0.2) is 4.98 Å². The number of imidazole rings is 1. The second kappa shape index (κ2) is 4.87. The zero-order valence-corrected chi connectivity index (χ0v) is 10.4. The van der Waals surface area contributed by atoms with Gasteiger partial charge in [0, 0.05) is 32.5 Å². The van der Waals surface area contributed by atoms with E-state index in [4.69, 9.17) is 4.74 Å². The summed E-state index contributed by atoms with van der Waals surface area (Å²) in [4.78, 5) is 4.52. The van der Waals surface area contributed by atoms with Gasteiger partial charge in [-0.3, -0.25) is 0 Å². The molecule has 16 heavy (non-hydrogen) atoms. The lowest BCUT2D eigenvalue weighted by molar-refractivity contribution is 0.190. The molecule has 0 bridgehead atoms. The van der Waals surface area contributed by atoms with Crippen molar-refractivity contribution in [2.45, 2.75) is 39.3 Å². The van der Waals surface area contributed by atoms with E-state index in [-0.39, 0.29) is 0 Å². The Hall–Kier alpha value is -1.03.